The second kappa shape index (κ2) is 11.4. The van der Waals surface area contributed by atoms with Gasteiger partial charge in [-0.05, 0) is 39.3 Å². The summed E-state index contributed by atoms with van der Waals surface area (Å²) in [5, 5.41) is 8.95. The monoisotopic (exact) mass is 404 g/mol. The van der Waals surface area contributed by atoms with Crippen LogP contribution in [0.4, 0.5) is 11.5 Å². The Kier molecular flexibility index (Phi) is 8.87. The number of anilines is 2. The fraction of sp³-hybridized carbons (Fsp3) is 0.450. The molecule has 0 saturated carbocycles. The van der Waals surface area contributed by atoms with Crippen LogP contribution >= 0.6 is 11.8 Å². The van der Waals surface area contributed by atoms with E-state index < -0.39 is 0 Å². The van der Waals surface area contributed by atoms with Crippen molar-refractivity contribution in [3.8, 4) is 0 Å². The molecular weight excluding hydrogens is 376 g/mol. The van der Waals surface area contributed by atoms with Crippen LogP contribution in [0.3, 0.4) is 0 Å². The summed E-state index contributed by atoms with van der Waals surface area (Å²) in [5.41, 5.74) is 1.19. The molecule has 0 fully saturated rings. The quantitative estimate of drug-likeness (QED) is 0.560. The van der Waals surface area contributed by atoms with E-state index in [2.05, 4.69) is 39.7 Å². The molecule has 0 aliphatic carbocycles. The Labute approximate surface area is 170 Å². The highest BCUT2D eigenvalue weighted by Gasteiger charge is 2.16. The Bertz CT molecular complexity index is 751. The van der Waals surface area contributed by atoms with Gasteiger partial charge in [-0.15, -0.1) is 11.8 Å². The van der Waals surface area contributed by atoms with Gasteiger partial charge in [0.25, 0.3) is 0 Å². The summed E-state index contributed by atoms with van der Waals surface area (Å²) in [7, 11) is 0. The topological polar surface area (TPSA) is 87.5 Å². The van der Waals surface area contributed by atoms with Crippen LogP contribution in [0.15, 0.2) is 40.9 Å². The van der Waals surface area contributed by atoms with E-state index >= 15 is 0 Å². The molecule has 2 rings (SSSR count). The Morgan fingerprint density at radius 2 is 2.04 bits per heavy atom. The lowest BCUT2D eigenvalue weighted by atomic mass is 10.2. The lowest BCUT2D eigenvalue weighted by Crippen LogP contribution is -2.32. The molecule has 8 heteroatoms. The fourth-order valence-electron chi connectivity index (χ4n) is 2.59. The maximum Gasteiger partial charge on any atom is 0.238 e. The molecule has 0 bridgehead atoms. The number of benzene rings is 1. The maximum atomic E-state index is 12.1. The number of carbonyl (C=O) groups excluding carboxylic acids is 2. The normalized spacial score (nSPS) is 11.7. The molecule has 2 aromatic rings. The van der Waals surface area contributed by atoms with Crippen molar-refractivity contribution < 1.29 is 14.1 Å². The number of carbonyl (C=O) groups is 2. The molecule has 0 aliphatic rings. The molecule has 2 amide bonds. The zero-order chi connectivity index (χ0) is 20.4. The van der Waals surface area contributed by atoms with Gasteiger partial charge in [0.05, 0.1) is 11.0 Å². The smallest absolute Gasteiger partial charge is 0.238 e. The van der Waals surface area contributed by atoms with Crippen molar-refractivity contribution in [2.24, 2.45) is 0 Å². The van der Waals surface area contributed by atoms with Crippen molar-refractivity contribution in [3.05, 3.63) is 42.2 Å². The van der Waals surface area contributed by atoms with Gasteiger partial charge in [0, 0.05) is 31.4 Å². The molecule has 0 radical (unpaired) electrons. The van der Waals surface area contributed by atoms with Crippen LogP contribution < -0.4 is 15.5 Å². The number of nitrogens with zero attached hydrogens (tertiary/aromatic N) is 2. The van der Waals surface area contributed by atoms with E-state index in [4.69, 9.17) is 4.52 Å². The van der Waals surface area contributed by atoms with Gasteiger partial charge >= 0.3 is 0 Å². The number of hydrogen-bond acceptors (Lipinski definition) is 6. The van der Waals surface area contributed by atoms with E-state index in [0.717, 1.165) is 19.5 Å². The number of aryl methyl sites for hydroxylation is 1. The Morgan fingerprint density at radius 1 is 1.29 bits per heavy atom. The van der Waals surface area contributed by atoms with Crippen molar-refractivity contribution in [3.63, 3.8) is 0 Å². The minimum absolute atomic E-state index is 0.0651. The third kappa shape index (κ3) is 7.26. The highest BCUT2D eigenvalue weighted by atomic mass is 32.2. The van der Waals surface area contributed by atoms with Gasteiger partial charge in [-0.1, -0.05) is 23.4 Å². The molecule has 7 nitrogen and oxygen atoms in total. The van der Waals surface area contributed by atoms with Gasteiger partial charge < -0.3 is 20.1 Å². The van der Waals surface area contributed by atoms with Gasteiger partial charge in [-0.3, -0.25) is 9.59 Å². The largest absolute Gasteiger partial charge is 0.372 e. The average Bonchev–Trinajstić information content (AvgIpc) is 3.11. The van der Waals surface area contributed by atoms with Crippen LogP contribution in [0.2, 0.25) is 0 Å². The molecule has 0 saturated heterocycles. The second-order valence-corrected chi connectivity index (χ2v) is 7.71. The van der Waals surface area contributed by atoms with Crippen LogP contribution in [0.5, 0.6) is 0 Å². The zero-order valence-corrected chi connectivity index (χ0v) is 17.4. The minimum Gasteiger partial charge on any atom is -0.372 e. The van der Waals surface area contributed by atoms with Crippen molar-refractivity contribution in [1.29, 1.82) is 0 Å². The van der Waals surface area contributed by atoms with E-state index in [0.29, 0.717) is 18.1 Å². The zero-order valence-electron chi connectivity index (χ0n) is 16.6. The third-order valence-electron chi connectivity index (χ3n) is 4.14. The Morgan fingerprint density at radius 3 is 2.68 bits per heavy atom. The molecule has 1 atom stereocenters. The van der Waals surface area contributed by atoms with Crippen LogP contribution in [0, 0.1) is 6.92 Å². The van der Waals surface area contributed by atoms with Gasteiger partial charge in [0.15, 0.2) is 5.82 Å². The van der Waals surface area contributed by atoms with E-state index in [1.165, 1.54) is 17.4 Å². The van der Waals surface area contributed by atoms with Crippen LogP contribution in [0.1, 0.15) is 26.0 Å². The number of hydrogen-bond donors (Lipinski definition) is 2. The predicted octanol–water partition coefficient (Wildman–Crippen LogP) is 3.08. The molecule has 0 aliphatic heterocycles. The van der Waals surface area contributed by atoms with E-state index in [1.54, 1.807) is 19.9 Å². The first kappa shape index (κ1) is 21.8. The molecule has 2 N–H and O–H groups in total. The summed E-state index contributed by atoms with van der Waals surface area (Å²) >= 11 is 1.29. The van der Waals surface area contributed by atoms with Gasteiger partial charge in [0.1, 0.15) is 5.76 Å². The van der Waals surface area contributed by atoms with Gasteiger partial charge in [0.2, 0.25) is 11.8 Å². The van der Waals surface area contributed by atoms with Gasteiger partial charge in [-0.2, -0.15) is 0 Å². The third-order valence-corrected chi connectivity index (χ3v) is 5.29. The van der Waals surface area contributed by atoms with E-state index in [1.807, 2.05) is 18.2 Å². The summed E-state index contributed by atoms with van der Waals surface area (Å²) in [6, 6.07) is 11.9. The summed E-state index contributed by atoms with van der Waals surface area (Å²) in [6.07, 6.45) is 0.862. The maximum absolute atomic E-state index is 12.1. The highest BCUT2D eigenvalue weighted by Crippen LogP contribution is 2.14. The minimum atomic E-state index is -0.364. The van der Waals surface area contributed by atoms with Crippen molar-refractivity contribution in [2.45, 2.75) is 32.4 Å². The van der Waals surface area contributed by atoms with Gasteiger partial charge in [-0.25, -0.2) is 0 Å². The number of para-hydroxylation sites is 1. The molecule has 28 heavy (non-hydrogen) atoms. The fourth-order valence-corrected chi connectivity index (χ4v) is 3.30. The molecule has 1 aromatic heterocycles. The van der Waals surface area contributed by atoms with Crippen molar-refractivity contribution in [1.82, 2.24) is 10.5 Å². The number of aromatic nitrogens is 1. The molecule has 0 spiro atoms. The van der Waals surface area contributed by atoms with E-state index in [-0.39, 0.29) is 22.8 Å². The molecule has 152 valence electrons. The molecular formula is C20H28N4O3S. The first-order valence-electron chi connectivity index (χ1n) is 9.42. The Balaban J connectivity index is 1.62. The lowest BCUT2D eigenvalue weighted by Gasteiger charge is -2.23. The average molecular weight is 405 g/mol. The van der Waals surface area contributed by atoms with Crippen LogP contribution in [-0.4, -0.2) is 47.6 Å². The molecule has 1 heterocycles. The standard InChI is InChI=1S/C20H28N4O3S/c1-4-24(17-9-6-5-7-10-17)12-8-11-21-19(25)14-28-16(3)20(26)22-18-13-15(2)27-23-18/h5-7,9-10,13,16H,4,8,11-12,14H2,1-3H3,(H,21,25)(H,22,23,26). The summed E-state index contributed by atoms with van der Waals surface area (Å²) in [4.78, 5) is 26.4. The van der Waals surface area contributed by atoms with Crippen molar-refractivity contribution in [2.75, 3.05) is 35.6 Å². The van der Waals surface area contributed by atoms with Crippen LogP contribution in [-0.2, 0) is 9.59 Å². The number of nitrogens with one attached hydrogen (secondary N) is 2. The first-order valence-corrected chi connectivity index (χ1v) is 10.5. The lowest BCUT2D eigenvalue weighted by molar-refractivity contribution is -0.118. The second-order valence-electron chi connectivity index (χ2n) is 6.38. The number of rotatable bonds is 11. The summed E-state index contributed by atoms with van der Waals surface area (Å²) in [6.45, 7) is 8.05. The highest BCUT2D eigenvalue weighted by molar-refractivity contribution is 8.01. The van der Waals surface area contributed by atoms with Crippen molar-refractivity contribution >= 4 is 35.1 Å². The van der Waals surface area contributed by atoms with E-state index in [9.17, 15) is 9.59 Å². The van der Waals surface area contributed by atoms with Crippen LogP contribution in [0.25, 0.3) is 0 Å². The summed E-state index contributed by atoms with van der Waals surface area (Å²) < 4.78 is 4.91. The molecule has 1 aromatic carbocycles. The number of amides is 2. The summed E-state index contributed by atoms with van der Waals surface area (Å²) in [5.74, 6) is 0.988. The molecule has 1 unspecified atom stereocenters. The first-order chi connectivity index (χ1) is 13.5. The number of thioether (sulfide) groups is 1. The SMILES string of the molecule is CCN(CCCNC(=O)CSC(C)C(=O)Nc1cc(C)on1)c1ccccc1. The Hall–Kier alpha value is -2.48. The predicted molar refractivity (Wildman–Crippen MR) is 114 cm³/mol.